The van der Waals surface area contributed by atoms with Gasteiger partial charge in [0.05, 0.1) is 10.6 Å². The number of aryl methyl sites for hydroxylation is 1. The number of hydrogen-bond donors (Lipinski definition) is 2. The molecule has 5 heteroatoms. The molecule has 0 aliphatic carbocycles. The Hall–Kier alpha value is -1.52. The van der Waals surface area contributed by atoms with Crippen LogP contribution in [0, 0.1) is 6.92 Å². The number of aromatic hydroxyl groups is 1. The van der Waals surface area contributed by atoms with Crippen LogP contribution in [0.2, 0.25) is 5.02 Å². The molecule has 19 heavy (non-hydrogen) atoms. The highest BCUT2D eigenvalue weighted by Gasteiger charge is 2.11. The third-order valence-corrected chi connectivity index (χ3v) is 3.81. The molecule has 0 aromatic heterocycles. The number of phenolic OH excluding ortho intramolecular Hbond substituents is 1. The summed E-state index contributed by atoms with van der Waals surface area (Å²) in [6, 6.07) is 9.99. The van der Waals surface area contributed by atoms with E-state index in [4.69, 9.17) is 11.6 Å². The topological polar surface area (TPSA) is 49.3 Å². The van der Waals surface area contributed by atoms with Crippen LogP contribution in [0.3, 0.4) is 0 Å². The quantitative estimate of drug-likeness (QED) is 0.853. The SMILES string of the molecule is Cc1ccc(C(=O)Nc2ccc(Br)c(Cl)c2)c(O)c1. The minimum absolute atomic E-state index is 0.0410. The van der Waals surface area contributed by atoms with E-state index in [1.165, 1.54) is 0 Å². The molecule has 0 saturated carbocycles. The zero-order chi connectivity index (χ0) is 14.0. The summed E-state index contributed by atoms with van der Waals surface area (Å²) >= 11 is 9.22. The molecular formula is C14H11BrClNO2. The minimum atomic E-state index is -0.379. The molecule has 0 fully saturated rings. The number of nitrogens with one attached hydrogen (secondary N) is 1. The average molecular weight is 341 g/mol. The minimum Gasteiger partial charge on any atom is -0.507 e. The van der Waals surface area contributed by atoms with Gasteiger partial charge in [0.25, 0.3) is 5.91 Å². The van der Waals surface area contributed by atoms with E-state index >= 15 is 0 Å². The first-order chi connectivity index (χ1) is 8.97. The Bertz CT molecular complexity index is 643. The standard InChI is InChI=1S/C14H11BrClNO2/c1-8-2-4-10(13(18)6-8)14(19)17-9-3-5-11(15)12(16)7-9/h2-7,18H,1H3,(H,17,19). The first kappa shape index (κ1) is 13.9. The molecule has 2 rings (SSSR count). The van der Waals surface area contributed by atoms with E-state index in [9.17, 15) is 9.90 Å². The predicted octanol–water partition coefficient (Wildman–Crippen LogP) is 4.37. The van der Waals surface area contributed by atoms with Crippen LogP contribution in [0.15, 0.2) is 40.9 Å². The van der Waals surface area contributed by atoms with E-state index in [1.807, 2.05) is 6.92 Å². The Morgan fingerprint density at radius 3 is 2.63 bits per heavy atom. The molecule has 0 bridgehead atoms. The molecule has 0 saturated heterocycles. The van der Waals surface area contributed by atoms with Gasteiger partial charge in [0.1, 0.15) is 5.75 Å². The molecule has 0 radical (unpaired) electrons. The molecule has 0 heterocycles. The maximum atomic E-state index is 12.0. The summed E-state index contributed by atoms with van der Waals surface area (Å²) in [6.45, 7) is 1.84. The predicted molar refractivity (Wildman–Crippen MR) is 79.9 cm³/mol. The summed E-state index contributed by atoms with van der Waals surface area (Å²) in [5, 5.41) is 12.9. The van der Waals surface area contributed by atoms with Gasteiger partial charge in [-0.2, -0.15) is 0 Å². The average Bonchev–Trinajstić information content (AvgIpc) is 2.33. The second kappa shape index (κ2) is 5.63. The van der Waals surface area contributed by atoms with Crippen LogP contribution in [0.5, 0.6) is 5.75 Å². The highest BCUT2D eigenvalue weighted by atomic mass is 79.9. The molecule has 1 amide bonds. The Balaban J connectivity index is 2.23. The number of phenols is 1. The van der Waals surface area contributed by atoms with Crippen molar-refractivity contribution in [2.24, 2.45) is 0 Å². The molecular weight excluding hydrogens is 330 g/mol. The summed E-state index contributed by atoms with van der Waals surface area (Å²) in [4.78, 5) is 12.0. The van der Waals surface area contributed by atoms with Crippen molar-refractivity contribution in [2.45, 2.75) is 6.92 Å². The van der Waals surface area contributed by atoms with Crippen molar-refractivity contribution in [2.75, 3.05) is 5.32 Å². The number of rotatable bonds is 2. The zero-order valence-corrected chi connectivity index (χ0v) is 12.4. The smallest absolute Gasteiger partial charge is 0.259 e. The third-order valence-electron chi connectivity index (χ3n) is 2.58. The second-order valence-electron chi connectivity index (χ2n) is 4.10. The Kier molecular flexibility index (Phi) is 4.12. The lowest BCUT2D eigenvalue weighted by Gasteiger charge is -2.08. The number of halogens is 2. The summed E-state index contributed by atoms with van der Waals surface area (Å²) < 4.78 is 0.755. The van der Waals surface area contributed by atoms with E-state index in [1.54, 1.807) is 36.4 Å². The first-order valence-corrected chi connectivity index (χ1v) is 6.70. The van der Waals surface area contributed by atoms with Crippen LogP contribution in [0.1, 0.15) is 15.9 Å². The van der Waals surface area contributed by atoms with Gasteiger partial charge in [-0.1, -0.05) is 17.7 Å². The number of carbonyl (C=O) groups is 1. The van der Waals surface area contributed by atoms with Gasteiger partial charge < -0.3 is 10.4 Å². The third kappa shape index (κ3) is 3.28. The fraction of sp³-hybridized carbons (Fsp3) is 0.0714. The monoisotopic (exact) mass is 339 g/mol. The second-order valence-corrected chi connectivity index (χ2v) is 5.37. The fourth-order valence-corrected chi connectivity index (χ4v) is 2.03. The normalized spacial score (nSPS) is 10.3. The maximum Gasteiger partial charge on any atom is 0.259 e. The summed E-state index contributed by atoms with van der Waals surface area (Å²) in [5.74, 6) is -0.420. The number of carbonyl (C=O) groups excluding carboxylic acids is 1. The lowest BCUT2D eigenvalue weighted by Crippen LogP contribution is -2.12. The molecule has 2 aromatic carbocycles. The molecule has 3 nitrogen and oxygen atoms in total. The molecule has 0 atom stereocenters. The molecule has 2 N–H and O–H groups in total. The van der Waals surface area contributed by atoms with Crippen molar-refractivity contribution in [3.05, 3.63) is 57.0 Å². The van der Waals surface area contributed by atoms with Gasteiger partial charge in [-0.05, 0) is 58.7 Å². The molecule has 0 aliphatic rings. The van der Waals surface area contributed by atoms with Crippen LogP contribution in [0.25, 0.3) is 0 Å². The van der Waals surface area contributed by atoms with E-state index in [0.29, 0.717) is 10.7 Å². The van der Waals surface area contributed by atoms with E-state index in [0.717, 1.165) is 10.0 Å². The van der Waals surface area contributed by atoms with Crippen molar-refractivity contribution in [3.8, 4) is 5.75 Å². The van der Waals surface area contributed by atoms with Gasteiger partial charge in [0.2, 0.25) is 0 Å². The van der Waals surface area contributed by atoms with Crippen LogP contribution < -0.4 is 5.32 Å². The highest BCUT2D eigenvalue weighted by Crippen LogP contribution is 2.26. The van der Waals surface area contributed by atoms with Gasteiger partial charge in [0, 0.05) is 10.2 Å². The van der Waals surface area contributed by atoms with E-state index in [2.05, 4.69) is 21.2 Å². The van der Waals surface area contributed by atoms with E-state index in [-0.39, 0.29) is 17.2 Å². The van der Waals surface area contributed by atoms with E-state index < -0.39 is 0 Å². The first-order valence-electron chi connectivity index (χ1n) is 5.53. The van der Waals surface area contributed by atoms with Crippen molar-refractivity contribution < 1.29 is 9.90 Å². The van der Waals surface area contributed by atoms with Gasteiger partial charge in [-0.15, -0.1) is 0 Å². The van der Waals surface area contributed by atoms with Crippen LogP contribution in [-0.2, 0) is 0 Å². The lowest BCUT2D eigenvalue weighted by molar-refractivity contribution is 0.102. The Morgan fingerprint density at radius 2 is 2.00 bits per heavy atom. The van der Waals surface area contributed by atoms with Crippen LogP contribution >= 0.6 is 27.5 Å². The number of anilines is 1. The molecule has 0 unspecified atom stereocenters. The zero-order valence-electron chi connectivity index (χ0n) is 10.1. The van der Waals surface area contributed by atoms with Gasteiger partial charge in [0.15, 0.2) is 0 Å². The van der Waals surface area contributed by atoms with Crippen molar-refractivity contribution in [1.29, 1.82) is 0 Å². The summed E-state index contributed by atoms with van der Waals surface area (Å²) in [7, 11) is 0. The number of hydrogen-bond acceptors (Lipinski definition) is 2. The lowest BCUT2D eigenvalue weighted by atomic mass is 10.1. The van der Waals surface area contributed by atoms with Gasteiger partial charge in [-0.25, -0.2) is 0 Å². The number of amides is 1. The van der Waals surface area contributed by atoms with Gasteiger partial charge in [-0.3, -0.25) is 4.79 Å². The Labute approximate surface area is 124 Å². The van der Waals surface area contributed by atoms with Crippen LogP contribution in [0.4, 0.5) is 5.69 Å². The van der Waals surface area contributed by atoms with Gasteiger partial charge >= 0.3 is 0 Å². The Morgan fingerprint density at radius 1 is 1.26 bits per heavy atom. The van der Waals surface area contributed by atoms with Crippen molar-refractivity contribution >= 4 is 39.1 Å². The fourth-order valence-electron chi connectivity index (χ4n) is 1.61. The largest absolute Gasteiger partial charge is 0.507 e. The molecule has 2 aromatic rings. The maximum absolute atomic E-state index is 12.0. The summed E-state index contributed by atoms with van der Waals surface area (Å²) in [6.07, 6.45) is 0. The summed E-state index contributed by atoms with van der Waals surface area (Å²) in [5.41, 5.74) is 1.68. The molecule has 98 valence electrons. The van der Waals surface area contributed by atoms with Crippen LogP contribution in [-0.4, -0.2) is 11.0 Å². The number of benzene rings is 2. The van der Waals surface area contributed by atoms with Crippen molar-refractivity contribution in [1.82, 2.24) is 0 Å². The molecule has 0 spiro atoms. The highest BCUT2D eigenvalue weighted by molar-refractivity contribution is 9.10. The molecule has 0 aliphatic heterocycles. The van der Waals surface area contributed by atoms with Crippen molar-refractivity contribution in [3.63, 3.8) is 0 Å².